The number of rotatable bonds is 6. The van der Waals surface area contributed by atoms with E-state index >= 15 is 0 Å². The van der Waals surface area contributed by atoms with Crippen molar-refractivity contribution < 1.29 is 23.9 Å². The molecule has 2 unspecified atom stereocenters. The maximum Gasteiger partial charge on any atom is 0.262 e. The zero-order valence-electron chi connectivity index (χ0n) is 16.1. The van der Waals surface area contributed by atoms with Gasteiger partial charge in [-0.05, 0) is 30.5 Å². The zero-order valence-corrected chi connectivity index (χ0v) is 16.1. The molecule has 3 N–H and O–H groups in total. The van der Waals surface area contributed by atoms with Crippen molar-refractivity contribution in [3.8, 4) is 0 Å². The van der Waals surface area contributed by atoms with Gasteiger partial charge in [-0.3, -0.25) is 34.3 Å². The van der Waals surface area contributed by atoms with Gasteiger partial charge in [0, 0.05) is 32.6 Å². The van der Waals surface area contributed by atoms with Crippen LogP contribution >= 0.6 is 0 Å². The summed E-state index contributed by atoms with van der Waals surface area (Å²) in [7, 11) is 0. The molecule has 4 amide bonds. The van der Waals surface area contributed by atoms with Gasteiger partial charge in [0.15, 0.2) is 0 Å². The molecule has 2 atom stereocenters. The maximum atomic E-state index is 12.9. The van der Waals surface area contributed by atoms with E-state index in [1.165, 1.54) is 0 Å². The van der Waals surface area contributed by atoms with Crippen LogP contribution < -0.4 is 11.1 Å². The van der Waals surface area contributed by atoms with Crippen LogP contribution in [-0.2, 0) is 20.9 Å². The van der Waals surface area contributed by atoms with Crippen molar-refractivity contribution in [1.29, 1.82) is 0 Å². The lowest BCUT2D eigenvalue weighted by Crippen LogP contribution is -2.54. The number of fused-ring (bicyclic) bond motifs is 1. The number of nitrogens with two attached hydrogens (primary N) is 1. The van der Waals surface area contributed by atoms with E-state index in [0.717, 1.165) is 30.0 Å². The highest BCUT2D eigenvalue weighted by Gasteiger charge is 2.44. The molecule has 0 radical (unpaired) electrons. The molecule has 0 bridgehead atoms. The second-order valence-electron chi connectivity index (χ2n) is 7.63. The van der Waals surface area contributed by atoms with E-state index in [9.17, 15) is 19.2 Å². The highest BCUT2D eigenvalue weighted by Crippen LogP contribution is 2.29. The SMILES string of the molecule is NCCOC1CCN(Cc2ccc3c(c2)C(=O)N(C2CCC(=O)NC2=O)C3=O)C1. The molecular formula is C20H24N4O5. The summed E-state index contributed by atoms with van der Waals surface area (Å²) < 4.78 is 5.69. The largest absolute Gasteiger partial charge is 0.376 e. The average molecular weight is 400 g/mol. The number of imide groups is 2. The Morgan fingerprint density at radius 1 is 1.10 bits per heavy atom. The van der Waals surface area contributed by atoms with Gasteiger partial charge in [-0.15, -0.1) is 0 Å². The van der Waals surface area contributed by atoms with Gasteiger partial charge in [0.2, 0.25) is 11.8 Å². The molecule has 1 aromatic rings. The van der Waals surface area contributed by atoms with Crippen molar-refractivity contribution in [3.63, 3.8) is 0 Å². The first-order valence-electron chi connectivity index (χ1n) is 9.86. The highest BCUT2D eigenvalue weighted by atomic mass is 16.5. The number of amides is 4. The zero-order chi connectivity index (χ0) is 20.5. The number of nitrogens with zero attached hydrogens (tertiary/aromatic N) is 2. The van der Waals surface area contributed by atoms with Crippen LogP contribution in [-0.4, -0.2) is 71.8 Å². The average Bonchev–Trinajstić information content (AvgIpc) is 3.24. The summed E-state index contributed by atoms with van der Waals surface area (Å²) in [5, 5.41) is 2.20. The third kappa shape index (κ3) is 3.81. The fourth-order valence-electron chi connectivity index (χ4n) is 4.19. The topological polar surface area (TPSA) is 122 Å². The number of ether oxygens (including phenoxy) is 1. The van der Waals surface area contributed by atoms with Crippen LogP contribution in [0.5, 0.6) is 0 Å². The van der Waals surface area contributed by atoms with Crippen molar-refractivity contribution in [2.24, 2.45) is 5.73 Å². The first kappa shape index (κ1) is 19.7. The van der Waals surface area contributed by atoms with E-state index in [1.807, 2.05) is 6.07 Å². The monoisotopic (exact) mass is 400 g/mol. The summed E-state index contributed by atoms with van der Waals surface area (Å²) in [5.74, 6) is -1.95. The second-order valence-corrected chi connectivity index (χ2v) is 7.63. The Morgan fingerprint density at radius 2 is 1.90 bits per heavy atom. The van der Waals surface area contributed by atoms with E-state index < -0.39 is 23.8 Å². The molecule has 4 rings (SSSR count). The van der Waals surface area contributed by atoms with Crippen molar-refractivity contribution in [2.75, 3.05) is 26.2 Å². The molecular weight excluding hydrogens is 376 g/mol. The first-order chi connectivity index (χ1) is 14.0. The normalized spacial score (nSPS) is 24.9. The number of nitrogens with one attached hydrogen (secondary N) is 1. The minimum atomic E-state index is -0.942. The van der Waals surface area contributed by atoms with E-state index in [-0.39, 0.29) is 24.9 Å². The molecule has 0 aliphatic carbocycles. The number of likely N-dealkylation sites (tertiary alicyclic amines) is 1. The number of benzene rings is 1. The summed E-state index contributed by atoms with van der Waals surface area (Å²) in [6.07, 6.45) is 1.36. The predicted molar refractivity (Wildman–Crippen MR) is 102 cm³/mol. The molecule has 0 spiro atoms. The van der Waals surface area contributed by atoms with E-state index in [4.69, 9.17) is 10.5 Å². The Bertz CT molecular complexity index is 870. The lowest BCUT2D eigenvalue weighted by Gasteiger charge is -2.27. The smallest absolute Gasteiger partial charge is 0.262 e. The number of hydrogen-bond donors (Lipinski definition) is 2. The summed E-state index contributed by atoms with van der Waals surface area (Å²) in [6.45, 7) is 3.38. The van der Waals surface area contributed by atoms with Crippen molar-refractivity contribution >= 4 is 23.6 Å². The minimum Gasteiger partial charge on any atom is -0.376 e. The number of carbonyl (C=O) groups excluding carboxylic acids is 4. The van der Waals surface area contributed by atoms with E-state index in [1.54, 1.807) is 12.1 Å². The Balaban J connectivity index is 1.46. The number of carbonyl (C=O) groups is 4. The Hall–Kier alpha value is -2.62. The van der Waals surface area contributed by atoms with Gasteiger partial charge >= 0.3 is 0 Å². The lowest BCUT2D eigenvalue weighted by molar-refractivity contribution is -0.136. The molecule has 9 heteroatoms. The summed E-state index contributed by atoms with van der Waals surface area (Å²) in [4.78, 5) is 52.3. The molecule has 2 fully saturated rings. The molecule has 0 saturated carbocycles. The Morgan fingerprint density at radius 3 is 2.66 bits per heavy atom. The van der Waals surface area contributed by atoms with Crippen LogP contribution in [0.15, 0.2) is 18.2 Å². The third-order valence-electron chi connectivity index (χ3n) is 5.61. The molecule has 9 nitrogen and oxygen atoms in total. The Labute approximate surface area is 168 Å². The van der Waals surface area contributed by atoms with Gasteiger partial charge in [0.1, 0.15) is 6.04 Å². The van der Waals surface area contributed by atoms with Gasteiger partial charge in [0.25, 0.3) is 11.8 Å². The van der Waals surface area contributed by atoms with Gasteiger partial charge in [-0.1, -0.05) is 6.07 Å². The first-order valence-corrected chi connectivity index (χ1v) is 9.86. The molecule has 1 aromatic carbocycles. The highest BCUT2D eigenvalue weighted by molar-refractivity contribution is 6.23. The van der Waals surface area contributed by atoms with Gasteiger partial charge < -0.3 is 10.5 Å². The van der Waals surface area contributed by atoms with E-state index in [0.29, 0.717) is 30.8 Å². The van der Waals surface area contributed by atoms with Crippen LogP contribution in [0.25, 0.3) is 0 Å². The van der Waals surface area contributed by atoms with Gasteiger partial charge in [-0.25, -0.2) is 0 Å². The number of piperidine rings is 1. The molecule has 2 saturated heterocycles. The van der Waals surface area contributed by atoms with Crippen LogP contribution in [0.2, 0.25) is 0 Å². The predicted octanol–water partition coefficient (Wildman–Crippen LogP) is -0.363. The van der Waals surface area contributed by atoms with Crippen LogP contribution in [0, 0.1) is 0 Å². The Kier molecular flexibility index (Phi) is 5.44. The summed E-state index contributed by atoms with van der Waals surface area (Å²) in [5.41, 5.74) is 7.02. The van der Waals surface area contributed by atoms with Gasteiger partial charge in [-0.2, -0.15) is 0 Å². The van der Waals surface area contributed by atoms with Crippen LogP contribution in [0.4, 0.5) is 0 Å². The fraction of sp³-hybridized carbons (Fsp3) is 0.500. The maximum absolute atomic E-state index is 12.9. The summed E-state index contributed by atoms with van der Waals surface area (Å²) in [6, 6.07) is 4.28. The van der Waals surface area contributed by atoms with Crippen LogP contribution in [0.1, 0.15) is 45.5 Å². The minimum absolute atomic E-state index is 0.109. The molecule has 3 aliphatic heterocycles. The molecule has 29 heavy (non-hydrogen) atoms. The number of hydrogen-bond acceptors (Lipinski definition) is 7. The lowest BCUT2D eigenvalue weighted by atomic mass is 10.0. The fourth-order valence-corrected chi connectivity index (χ4v) is 4.19. The summed E-state index contributed by atoms with van der Waals surface area (Å²) >= 11 is 0. The standard InChI is InChI=1S/C20H24N4O5/c21-6-8-29-13-5-7-23(11-13)10-12-1-2-14-15(9-12)20(28)24(19(14)27)16-3-4-17(25)22-18(16)26/h1-2,9,13,16H,3-8,10-11,21H2,(H,22,25,26). The molecule has 3 aliphatic rings. The second kappa shape index (κ2) is 8.02. The van der Waals surface area contributed by atoms with Crippen molar-refractivity contribution in [2.45, 2.75) is 38.0 Å². The molecule has 0 aromatic heterocycles. The third-order valence-corrected chi connectivity index (χ3v) is 5.61. The van der Waals surface area contributed by atoms with Gasteiger partial charge in [0.05, 0.1) is 23.8 Å². The van der Waals surface area contributed by atoms with Crippen molar-refractivity contribution in [1.82, 2.24) is 15.1 Å². The van der Waals surface area contributed by atoms with Crippen molar-refractivity contribution in [3.05, 3.63) is 34.9 Å². The van der Waals surface area contributed by atoms with Crippen LogP contribution in [0.3, 0.4) is 0 Å². The molecule has 3 heterocycles. The molecule has 154 valence electrons. The van der Waals surface area contributed by atoms with E-state index in [2.05, 4.69) is 10.2 Å². The quantitative estimate of drug-likeness (QED) is 0.625.